The molecule has 2 aromatic rings. The van der Waals surface area contributed by atoms with E-state index in [9.17, 15) is 5.26 Å². The highest BCUT2D eigenvalue weighted by atomic mass is 16.5. The molecule has 0 aromatic heterocycles. The van der Waals surface area contributed by atoms with Gasteiger partial charge in [0.25, 0.3) is 0 Å². The van der Waals surface area contributed by atoms with Gasteiger partial charge in [-0.2, -0.15) is 5.26 Å². The van der Waals surface area contributed by atoms with Gasteiger partial charge in [-0.3, -0.25) is 0 Å². The minimum absolute atomic E-state index is 0.550. The van der Waals surface area contributed by atoms with Crippen LogP contribution in [0.25, 0.3) is 0 Å². The van der Waals surface area contributed by atoms with Gasteiger partial charge in [-0.1, -0.05) is 18.2 Å². The summed E-state index contributed by atoms with van der Waals surface area (Å²) in [5.74, 6) is 1.34. The van der Waals surface area contributed by atoms with Crippen LogP contribution in [-0.4, -0.2) is 7.05 Å². The van der Waals surface area contributed by atoms with Gasteiger partial charge in [0.15, 0.2) is 0 Å². The average molecular weight is 252 g/mol. The molecule has 19 heavy (non-hydrogen) atoms. The Morgan fingerprint density at radius 1 is 1.21 bits per heavy atom. The fraction of sp³-hybridized carbons (Fsp3) is 0.188. The van der Waals surface area contributed by atoms with Crippen LogP contribution in [0.3, 0.4) is 0 Å². The summed E-state index contributed by atoms with van der Waals surface area (Å²) < 4.78 is 5.77. The molecule has 0 radical (unpaired) electrons. The molecule has 0 atom stereocenters. The largest absolute Gasteiger partial charge is 0.456 e. The summed E-state index contributed by atoms with van der Waals surface area (Å²) in [6.07, 6.45) is 0. The second kappa shape index (κ2) is 6.03. The molecule has 0 fully saturated rings. The van der Waals surface area contributed by atoms with E-state index in [0.717, 1.165) is 23.4 Å². The molecule has 0 spiro atoms. The van der Waals surface area contributed by atoms with Crippen molar-refractivity contribution >= 4 is 0 Å². The van der Waals surface area contributed by atoms with E-state index in [1.807, 2.05) is 56.4 Å². The van der Waals surface area contributed by atoms with Crippen LogP contribution in [-0.2, 0) is 6.54 Å². The lowest BCUT2D eigenvalue weighted by atomic mass is 10.1. The van der Waals surface area contributed by atoms with Crippen LogP contribution < -0.4 is 10.1 Å². The van der Waals surface area contributed by atoms with E-state index in [4.69, 9.17) is 4.74 Å². The lowest BCUT2D eigenvalue weighted by Gasteiger charge is -2.09. The van der Waals surface area contributed by atoms with Crippen LogP contribution in [0.4, 0.5) is 0 Å². The lowest BCUT2D eigenvalue weighted by Crippen LogP contribution is -2.05. The van der Waals surface area contributed by atoms with Gasteiger partial charge in [0.2, 0.25) is 0 Å². The number of rotatable bonds is 4. The van der Waals surface area contributed by atoms with Gasteiger partial charge in [-0.25, -0.2) is 0 Å². The molecule has 0 heterocycles. The van der Waals surface area contributed by atoms with Gasteiger partial charge < -0.3 is 10.1 Å². The van der Waals surface area contributed by atoms with E-state index in [1.165, 1.54) is 0 Å². The van der Waals surface area contributed by atoms with Crippen molar-refractivity contribution in [3.63, 3.8) is 0 Å². The molecule has 3 heteroatoms. The minimum Gasteiger partial charge on any atom is -0.456 e. The van der Waals surface area contributed by atoms with Crippen LogP contribution >= 0.6 is 0 Å². The Morgan fingerprint density at radius 3 is 2.74 bits per heavy atom. The Kier molecular flexibility index (Phi) is 4.17. The van der Waals surface area contributed by atoms with Gasteiger partial charge in [0.05, 0.1) is 5.56 Å². The Balaban J connectivity index is 2.28. The quantitative estimate of drug-likeness (QED) is 0.907. The first-order valence-electron chi connectivity index (χ1n) is 6.15. The van der Waals surface area contributed by atoms with Crippen molar-refractivity contribution in [3.05, 3.63) is 59.2 Å². The molecule has 96 valence electrons. The van der Waals surface area contributed by atoms with Gasteiger partial charge in [0, 0.05) is 6.54 Å². The number of ether oxygens (including phenoxy) is 1. The van der Waals surface area contributed by atoms with Crippen molar-refractivity contribution in [1.82, 2.24) is 5.32 Å². The zero-order valence-corrected chi connectivity index (χ0v) is 11.1. The van der Waals surface area contributed by atoms with Gasteiger partial charge in [0.1, 0.15) is 17.6 Å². The third-order valence-corrected chi connectivity index (χ3v) is 2.76. The van der Waals surface area contributed by atoms with Crippen LogP contribution in [0.1, 0.15) is 16.7 Å². The minimum atomic E-state index is 0.550. The number of aryl methyl sites for hydroxylation is 1. The zero-order chi connectivity index (χ0) is 13.7. The van der Waals surface area contributed by atoms with Crippen molar-refractivity contribution in [1.29, 1.82) is 5.26 Å². The summed E-state index contributed by atoms with van der Waals surface area (Å²) in [6, 6.07) is 15.6. The monoisotopic (exact) mass is 252 g/mol. The van der Waals surface area contributed by atoms with E-state index in [1.54, 1.807) is 0 Å². The Labute approximate surface area is 113 Å². The van der Waals surface area contributed by atoms with E-state index in [2.05, 4.69) is 11.4 Å². The van der Waals surface area contributed by atoms with E-state index in [0.29, 0.717) is 11.3 Å². The highest BCUT2D eigenvalue weighted by Crippen LogP contribution is 2.26. The summed E-state index contributed by atoms with van der Waals surface area (Å²) in [4.78, 5) is 0. The molecule has 0 aliphatic rings. The highest BCUT2D eigenvalue weighted by Gasteiger charge is 2.06. The number of nitrogens with one attached hydrogen (secondary N) is 1. The second-order valence-corrected chi connectivity index (χ2v) is 4.39. The van der Waals surface area contributed by atoms with E-state index in [-0.39, 0.29) is 0 Å². The third kappa shape index (κ3) is 3.34. The van der Waals surface area contributed by atoms with Gasteiger partial charge >= 0.3 is 0 Å². The van der Waals surface area contributed by atoms with Crippen molar-refractivity contribution < 1.29 is 4.74 Å². The van der Waals surface area contributed by atoms with Crippen LogP contribution in [0.2, 0.25) is 0 Å². The fourth-order valence-corrected chi connectivity index (χ4v) is 1.87. The Morgan fingerprint density at radius 2 is 2.05 bits per heavy atom. The van der Waals surface area contributed by atoms with E-state index >= 15 is 0 Å². The standard InChI is InChI=1S/C16H16N2O/c1-12-4-3-5-15(8-12)19-16-7-6-13(11-18-2)9-14(16)10-17/h3-9,18H,11H2,1-2H3. The zero-order valence-electron chi connectivity index (χ0n) is 11.1. The maximum Gasteiger partial charge on any atom is 0.145 e. The van der Waals surface area contributed by atoms with E-state index < -0.39 is 0 Å². The first-order valence-corrected chi connectivity index (χ1v) is 6.15. The van der Waals surface area contributed by atoms with Gasteiger partial charge in [-0.15, -0.1) is 0 Å². The number of nitriles is 1. The Bertz CT molecular complexity index is 614. The van der Waals surface area contributed by atoms with Crippen molar-refractivity contribution in [3.8, 4) is 17.6 Å². The summed E-state index contributed by atoms with van der Waals surface area (Å²) in [6.45, 7) is 2.74. The van der Waals surface area contributed by atoms with Crippen LogP contribution in [0, 0.1) is 18.3 Å². The molecule has 0 amide bonds. The molecule has 0 saturated heterocycles. The number of benzene rings is 2. The maximum atomic E-state index is 9.19. The highest BCUT2D eigenvalue weighted by molar-refractivity contribution is 5.47. The molecular weight excluding hydrogens is 236 g/mol. The molecule has 1 N–H and O–H groups in total. The Hall–Kier alpha value is -2.31. The first-order chi connectivity index (χ1) is 9.22. The fourth-order valence-electron chi connectivity index (χ4n) is 1.87. The van der Waals surface area contributed by atoms with Crippen molar-refractivity contribution in [2.75, 3.05) is 7.05 Å². The molecular formula is C16H16N2O. The SMILES string of the molecule is CNCc1ccc(Oc2cccc(C)c2)c(C#N)c1. The topological polar surface area (TPSA) is 45.0 Å². The smallest absolute Gasteiger partial charge is 0.145 e. The molecule has 2 rings (SSSR count). The molecule has 0 aliphatic heterocycles. The summed E-state index contributed by atoms with van der Waals surface area (Å²) in [7, 11) is 1.88. The van der Waals surface area contributed by atoms with Crippen LogP contribution in [0.15, 0.2) is 42.5 Å². The summed E-state index contributed by atoms with van der Waals surface area (Å²) >= 11 is 0. The van der Waals surface area contributed by atoms with Crippen LogP contribution in [0.5, 0.6) is 11.5 Å². The van der Waals surface area contributed by atoms with Crippen molar-refractivity contribution in [2.24, 2.45) is 0 Å². The average Bonchev–Trinajstić information content (AvgIpc) is 2.41. The number of hydrogen-bond donors (Lipinski definition) is 1. The number of hydrogen-bond acceptors (Lipinski definition) is 3. The summed E-state index contributed by atoms with van der Waals surface area (Å²) in [5, 5.41) is 12.3. The summed E-state index contributed by atoms with van der Waals surface area (Å²) in [5.41, 5.74) is 2.74. The van der Waals surface area contributed by atoms with Crippen molar-refractivity contribution in [2.45, 2.75) is 13.5 Å². The first kappa shape index (κ1) is 13.1. The predicted octanol–water partition coefficient (Wildman–Crippen LogP) is 3.38. The van der Waals surface area contributed by atoms with Gasteiger partial charge in [-0.05, 0) is 49.4 Å². The maximum absolute atomic E-state index is 9.19. The second-order valence-electron chi connectivity index (χ2n) is 4.39. The number of nitrogens with zero attached hydrogens (tertiary/aromatic N) is 1. The molecule has 0 aliphatic carbocycles. The molecule has 2 aromatic carbocycles. The normalized spacial score (nSPS) is 9.95. The molecule has 0 bridgehead atoms. The molecule has 0 saturated carbocycles. The third-order valence-electron chi connectivity index (χ3n) is 2.76. The molecule has 0 unspecified atom stereocenters. The molecule has 3 nitrogen and oxygen atoms in total. The predicted molar refractivity (Wildman–Crippen MR) is 75.2 cm³/mol. The lowest BCUT2D eigenvalue weighted by molar-refractivity contribution is 0.480.